The van der Waals surface area contributed by atoms with E-state index < -0.39 is 0 Å². The number of hydrogen-bond donors (Lipinski definition) is 0. The Morgan fingerprint density at radius 1 is 0.765 bits per heavy atom. The van der Waals surface area contributed by atoms with Crippen molar-refractivity contribution in [3.63, 3.8) is 0 Å². The normalized spacial score (nSPS) is 24.4. The van der Waals surface area contributed by atoms with E-state index in [1.54, 1.807) is 0 Å². The zero-order valence-electron chi connectivity index (χ0n) is 9.09. The predicted octanol–water partition coefficient (Wildman–Crippen LogP) is 3.04. The van der Waals surface area contributed by atoms with Gasteiger partial charge in [-0.2, -0.15) is 0 Å². The number of carbonyl (C=O) groups excluding carboxylic acids is 1. The molecule has 2 atom stereocenters. The van der Waals surface area contributed by atoms with Crippen molar-refractivity contribution in [1.29, 1.82) is 0 Å². The summed E-state index contributed by atoms with van der Waals surface area (Å²) >= 11 is 0. The van der Waals surface area contributed by atoms with E-state index in [4.69, 9.17) is 4.74 Å². The maximum Gasteiger partial charge on any atom is 0.193 e. The van der Waals surface area contributed by atoms with Crippen LogP contribution >= 0.6 is 0 Å². The summed E-state index contributed by atoms with van der Waals surface area (Å²) in [4.78, 5) is 12.4. The van der Waals surface area contributed by atoms with Crippen LogP contribution in [0.5, 0.6) is 0 Å². The summed E-state index contributed by atoms with van der Waals surface area (Å²) in [5.41, 5.74) is 3.62. The molecule has 2 aromatic carbocycles. The second-order valence-electron chi connectivity index (χ2n) is 4.48. The molecule has 0 spiro atoms. The average molecular weight is 222 g/mol. The molecule has 2 nitrogen and oxygen atoms in total. The molecule has 0 aromatic heterocycles. The molecule has 0 N–H and O–H groups in total. The quantitative estimate of drug-likeness (QED) is 0.641. The van der Waals surface area contributed by atoms with Crippen LogP contribution < -0.4 is 0 Å². The minimum Gasteiger partial charge on any atom is -0.359 e. The first kappa shape index (κ1) is 9.14. The number of fused-ring (bicyclic) bond motifs is 5. The van der Waals surface area contributed by atoms with Crippen molar-refractivity contribution in [2.75, 3.05) is 0 Å². The maximum absolute atomic E-state index is 12.4. The minimum absolute atomic E-state index is 0.0683. The molecule has 0 saturated carbocycles. The molecule has 1 fully saturated rings. The van der Waals surface area contributed by atoms with E-state index in [9.17, 15) is 4.79 Å². The lowest BCUT2D eigenvalue weighted by molar-refractivity contribution is 0.103. The number of benzene rings is 2. The van der Waals surface area contributed by atoms with E-state index in [0.29, 0.717) is 0 Å². The van der Waals surface area contributed by atoms with Crippen molar-refractivity contribution in [1.82, 2.24) is 0 Å². The Morgan fingerprint density at radius 3 is 1.76 bits per heavy atom. The SMILES string of the molecule is O=C1c2ccccc2C2OC2c2ccccc21. The van der Waals surface area contributed by atoms with Gasteiger partial charge in [-0.25, -0.2) is 0 Å². The van der Waals surface area contributed by atoms with Gasteiger partial charge in [-0.1, -0.05) is 48.5 Å². The molecule has 2 aromatic rings. The maximum atomic E-state index is 12.4. The highest BCUT2D eigenvalue weighted by Crippen LogP contribution is 2.54. The Morgan fingerprint density at radius 2 is 1.24 bits per heavy atom. The van der Waals surface area contributed by atoms with Crippen molar-refractivity contribution in [2.45, 2.75) is 12.2 Å². The predicted molar refractivity (Wildman–Crippen MR) is 62.9 cm³/mol. The van der Waals surface area contributed by atoms with E-state index in [1.165, 1.54) is 0 Å². The molecule has 0 bridgehead atoms. The standard InChI is InChI=1S/C15H10O2/c16-13-9-5-1-3-7-11(9)14-15(17-14)12-8-4-2-6-10(12)13/h1-8,14-15H. The van der Waals surface area contributed by atoms with Gasteiger partial charge in [-0.15, -0.1) is 0 Å². The largest absolute Gasteiger partial charge is 0.359 e. The molecular formula is C15H10O2. The summed E-state index contributed by atoms with van der Waals surface area (Å²) in [7, 11) is 0. The molecule has 1 saturated heterocycles. The van der Waals surface area contributed by atoms with Crippen LogP contribution in [0.1, 0.15) is 39.3 Å². The molecule has 2 aliphatic rings. The monoisotopic (exact) mass is 222 g/mol. The first-order valence-electron chi connectivity index (χ1n) is 5.74. The highest BCUT2D eigenvalue weighted by molar-refractivity contribution is 6.11. The molecular weight excluding hydrogens is 212 g/mol. The van der Waals surface area contributed by atoms with Gasteiger partial charge in [-0.3, -0.25) is 4.79 Å². The van der Waals surface area contributed by atoms with Crippen LogP contribution in [0.2, 0.25) is 0 Å². The number of carbonyl (C=O) groups is 1. The lowest BCUT2D eigenvalue weighted by atomic mass is 9.98. The summed E-state index contributed by atoms with van der Waals surface area (Å²) in [5, 5.41) is 0. The van der Waals surface area contributed by atoms with Gasteiger partial charge in [0.25, 0.3) is 0 Å². The Bertz CT molecular complexity index is 577. The molecule has 0 amide bonds. The van der Waals surface area contributed by atoms with Crippen LogP contribution in [0.3, 0.4) is 0 Å². The van der Waals surface area contributed by atoms with E-state index in [1.807, 2.05) is 48.5 Å². The molecule has 17 heavy (non-hydrogen) atoms. The van der Waals surface area contributed by atoms with Gasteiger partial charge in [0, 0.05) is 11.1 Å². The van der Waals surface area contributed by atoms with Crippen LogP contribution in [-0.2, 0) is 4.74 Å². The van der Waals surface area contributed by atoms with E-state index in [2.05, 4.69) is 0 Å². The molecule has 4 rings (SSSR count). The van der Waals surface area contributed by atoms with Gasteiger partial charge in [0.15, 0.2) is 5.78 Å². The number of ketones is 1. The Balaban J connectivity index is 2.03. The topological polar surface area (TPSA) is 29.6 Å². The fraction of sp³-hybridized carbons (Fsp3) is 0.133. The van der Waals surface area contributed by atoms with Crippen molar-refractivity contribution in [2.24, 2.45) is 0 Å². The van der Waals surface area contributed by atoms with Crippen LogP contribution in [0.15, 0.2) is 48.5 Å². The first-order chi connectivity index (χ1) is 8.36. The van der Waals surface area contributed by atoms with Gasteiger partial charge < -0.3 is 4.74 Å². The Labute approximate surface area is 98.8 Å². The smallest absolute Gasteiger partial charge is 0.193 e. The summed E-state index contributed by atoms with van der Waals surface area (Å²) in [6.45, 7) is 0. The van der Waals surface area contributed by atoms with E-state index in [-0.39, 0.29) is 18.0 Å². The van der Waals surface area contributed by atoms with Crippen molar-refractivity contribution >= 4 is 5.78 Å². The molecule has 1 heterocycles. The second kappa shape index (κ2) is 3.05. The second-order valence-corrected chi connectivity index (χ2v) is 4.48. The van der Waals surface area contributed by atoms with E-state index in [0.717, 1.165) is 22.3 Å². The summed E-state index contributed by atoms with van der Waals surface area (Å²) in [5.74, 6) is 0.118. The number of hydrogen-bond acceptors (Lipinski definition) is 2. The fourth-order valence-electron chi connectivity index (χ4n) is 2.63. The average Bonchev–Trinajstić information content (AvgIpc) is 3.18. The summed E-state index contributed by atoms with van der Waals surface area (Å²) < 4.78 is 5.71. The highest BCUT2D eigenvalue weighted by Gasteiger charge is 2.47. The van der Waals surface area contributed by atoms with Gasteiger partial charge in [0.05, 0.1) is 0 Å². The van der Waals surface area contributed by atoms with Crippen molar-refractivity contribution in [3.8, 4) is 0 Å². The van der Waals surface area contributed by atoms with Gasteiger partial charge in [0.2, 0.25) is 0 Å². The van der Waals surface area contributed by atoms with Crippen molar-refractivity contribution < 1.29 is 9.53 Å². The lowest BCUT2D eigenvalue weighted by Gasteiger charge is -2.06. The summed E-state index contributed by atoms with van der Waals surface area (Å²) in [6, 6.07) is 15.5. The van der Waals surface area contributed by atoms with Gasteiger partial charge in [-0.05, 0) is 11.1 Å². The zero-order chi connectivity index (χ0) is 11.4. The van der Waals surface area contributed by atoms with Crippen LogP contribution in [0, 0.1) is 0 Å². The van der Waals surface area contributed by atoms with Crippen molar-refractivity contribution in [3.05, 3.63) is 70.8 Å². The highest BCUT2D eigenvalue weighted by atomic mass is 16.6. The molecule has 2 heteroatoms. The zero-order valence-corrected chi connectivity index (χ0v) is 9.09. The van der Waals surface area contributed by atoms with Crippen LogP contribution in [0.25, 0.3) is 0 Å². The third kappa shape index (κ3) is 1.16. The third-order valence-corrected chi connectivity index (χ3v) is 3.52. The number of rotatable bonds is 0. The number of epoxide rings is 1. The molecule has 1 aliphatic heterocycles. The molecule has 0 radical (unpaired) electrons. The molecule has 1 aliphatic carbocycles. The summed E-state index contributed by atoms with van der Waals surface area (Å²) in [6.07, 6.45) is 0.137. The van der Waals surface area contributed by atoms with E-state index >= 15 is 0 Å². The lowest BCUT2D eigenvalue weighted by Crippen LogP contribution is -2.05. The van der Waals surface area contributed by atoms with Crippen LogP contribution in [-0.4, -0.2) is 5.78 Å². The first-order valence-corrected chi connectivity index (χ1v) is 5.74. The fourth-order valence-corrected chi connectivity index (χ4v) is 2.63. The molecule has 2 unspecified atom stereocenters. The molecule has 82 valence electrons. The Kier molecular flexibility index (Phi) is 1.64. The van der Waals surface area contributed by atoms with Crippen LogP contribution in [0.4, 0.5) is 0 Å². The minimum atomic E-state index is 0.0683. The van der Waals surface area contributed by atoms with Gasteiger partial charge in [0.1, 0.15) is 12.2 Å². The number of ether oxygens (including phenoxy) is 1. The Hall–Kier alpha value is -1.93. The third-order valence-electron chi connectivity index (χ3n) is 3.52. The van der Waals surface area contributed by atoms with Gasteiger partial charge >= 0.3 is 0 Å².